The number of carboxylic acid groups (broad SMARTS) is 1. The monoisotopic (exact) mass is 613 g/mol. The minimum Gasteiger partial charge on any atom is -0.478 e. The zero-order valence-corrected chi connectivity index (χ0v) is 24.0. The van der Waals surface area contributed by atoms with Crippen molar-refractivity contribution in [1.29, 1.82) is 0 Å². The predicted molar refractivity (Wildman–Crippen MR) is 145 cm³/mol. The van der Waals surface area contributed by atoms with Crippen LogP contribution < -0.4 is 0 Å². The molecule has 0 aromatic rings. The number of methoxy groups -OCH3 is 1. The molecule has 1 fully saturated rings. The third-order valence-electron chi connectivity index (χ3n) is 7.08. The van der Waals surface area contributed by atoms with Gasteiger partial charge in [0.2, 0.25) is 12.1 Å². The smallest absolute Gasteiger partial charge is 0.340 e. The van der Waals surface area contributed by atoms with Crippen molar-refractivity contribution >= 4 is 11.9 Å². The molecule has 0 aromatic heterocycles. The lowest BCUT2D eigenvalue weighted by Crippen LogP contribution is -2.69. The van der Waals surface area contributed by atoms with Crippen molar-refractivity contribution in [3.05, 3.63) is 60.1 Å². The van der Waals surface area contributed by atoms with Gasteiger partial charge in [-0.1, -0.05) is 12.2 Å². The van der Waals surface area contributed by atoms with Gasteiger partial charge in [0.25, 0.3) is 0 Å². The summed E-state index contributed by atoms with van der Waals surface area (Å²) < 4.78 is 27.5. The second kappa shape index (κ2) is 14.1. The van der Waals surface area contributed by atoms with Crippen molar-refractivity contribution < 1.29 is 69.0 Å². The molecule has 240 valence electrons. The number of aliphatic carboxylic acids is 1. The molecular formula is C28H39NO14. The van der Waals surface area contributed by atoms with E-state index in [0.29, 0.717) is 5.57 Å². The molecule has 15 nitrogen and oxygen atoms in total. The predicted octanol–water partition coefficient (Wildman–Crippen LogP) is -1.74. The van der Waals surface area contributed by atoms with E-state index >= 15 is 0 Å². The Bertz CT molecular complexity index is 1160. The number of carbonyl (C=O) groups excluding carboxylic acids is 1. The molecule has 0 aliphatic carbocycles. The van der Waals surface area contributed by atoms with Crippen molar-refractivity contribution in [3.8, 4) is 0 Å². The van der Waals surface area contributed by atoms with E-state index in [2.05, 4.69) is 6.58 Å². The fraction of sp³-hybridized carbons (Fsp3) is 0.571. The number of esters is 1. The van der Waals surface area contributed by atoms with Crippen LogP contribution in [0.15, 0.2) is 60.1 Å². The van der Waals surface area contributed by atoms with E-state index in [4.69, 9.17) is 23.7 Å². The number of aliphatic hydroxyl groups is 6. The van der Waals surface area contributed by atoms with E-state index < -0.39 is 72.8 Å². The molecule has 0 unspecified atom stereocenters. The fourth-order valence-electron chi connectivity index (χ4n) is 4.91. The van der Waals surface area contributed by atoms with Crippen molar-refractivity contribution in [2.45, 2.75) is 62.2 Å². The van der Waals surface area contributed by atoms with E-state index in [0.717, 1.165) is 13.4 Å². The minimum absolute atomic E-state index is 0.0775. The fourth-order valence-corrected chi connectivity index (χ4v) is 4.91. The van der Waals surface area contributed by atoms with Gasteiger partial charge in [0.05, 0.1) is 37.9 Å². The van der Waals surface area contributed by atoms with Crippen LogP contribution in [0, 0.1) is 5.92 Å². The first-order valence-electron chi connectivity index (χ1n) is 13.4. The number of nitrogens with zero attached hydrogens (tertiary/aromatic N) is 1. The van der Waals surface area contributed by atoms with E-state index in [1.54, 1.807) is 18.7 Å². The molecule has 0 bridgehead atoms. The highest BCUT2D eigenvalue weighted by atomic mass is 16.8. The maximum absolute atomic E-state index is 12.7. The first-order chi connectivity index (χ1) is 20.2. The molecular weight excluding hydrogens is 574 g/mol. The summed E-state index contributed by atoms with van der Waals surface area (Å²) in [5.74, 6) is -6.42. The van der Waals surface area contributed by atoms with Crippen LogP contribution in [0.3, 0.4) is 0 Å². The van der Waals surface area contributed by atoms with Gasteiger partial charge in [-0.15, -0.1) is 6.58 Å². The van der Waals surface area contributed by atoms with Gasteiger partial charge < -0.3 is 64.3 Å². The number of hydrogen-bond donors (Lipinski definition) is 7. The molecule has 7 N–H and O–H groups in total. The molecule has 0 saturated carbocycles. The SMILES string of the molecule is C=C[C@H]1[C@H](O[C@@H]2O[C@H](CO)[C@@H](O)C(O)(O)[C@H]2OC(C)C)OC=C(C(=O)OC)[C@@]1(O)/C=C\C1=CC(C(=O)O)=CN(CCO)C1. The highest BCUT2D eigenvalue weighted by Gasteiger charge is 2.58. The van der Waals surface area contributed by atoms with Crippen molar-refractivity contribution in [1.82, 2.24) is 4.90 Å². The Morgan fingerprint density at radius 1 is 1.23 bits per heavy atom. The zero-order valence-electron chi connectivity index (χ0n) is 24.0. The average molecular weight is 614 g/mol. The van der Waals surface area contributed by atoms with Gasteiger partial charge in [-0.05, 0) is 31.6 Å². The second-order valence-corrected chi connectivity index (χ2v) is 10.4. The molecule has 3 aliphatic heterocycles. The zero-order chi connectivity index (χ0) is 32.1. The number of ether oxygens (including phenoxy) is 5. The van der Waals surface area contributed by atoms with E-state index in [1.165, 1.54) is 30.5 Å². The van der Waals surface area contributed by atoms with Crippen LogP contribution in [0.1, 0.15) is 13.8 Å². The van der Waals surface area contributed by atoms with Crippen LogP contribution in [0.4, 0.5) is 0 Å². The number of rotatable bonds is 12. The summed E-state index contributed by atoms with van der Waals surface area (Å²) in [6, 6.07) is 0. The first kappa shape index (κ1) is 34.4. The molecule has 3 heterocycles. The Morgan fingerprint density at radius 2 is 1.93 bits per heavy atom. The van der Waals surface area contributed by atoms with Gasteiger partial charge in [0, 0.05) is 19.3 Å². The quantitative estimate of drug-likeness (QED) is 0.0737. The lowest BCUT2D eigenvalue weighted by molar-refractivity contribution is -0.414. The first-order valence-corrected chi connectivity index (χ1v) is 13.4. The van der Waals surface area contributed by atoms with Gasteiger partial charge in [-0.2, -0.15) is 0 Å². The van der Waals surface area contributed by atoms with Gasteiger partial charge in [0.1, 0.15) is 29.6 Å². The van der Waals surface area contributed by atoms with E-state index in [1.807, 2.05) is 0 Å². The van der Waals surface area contributed by atoms with Crippen LogP contribution in [-0.2, 0) is 33.3 Å². The van der Waals surface area contributed by atoms with Gasteiger partial charge in [-0.25, -0.2) is 9.59 Å². The number of carbonyl (C=O) groups is 2. The van der Waals surface area contributed by atoms with Crippen LogP contribution in [0.5, 0.6) is 0 Å². The Labute approximate surface area is 247 Å². The molecule has 3 rings (SSSR count). The lowest BCUT2D eigenvalue weighted by Gasteiger charge is -2.48. The standard InChI is InChI=1S/C28H39NO14/c1-5-18-25(43-26-22(41-15(2)3)28(37,38)21(32)20(13-31)42-26)40-14-19(24(35)39-4)27(18,36)7-6-16-10-17(23(33)34)12-29(11-16)8-9-30/h5-7,10,12,14-15,18,20-22,25-26,30-32,36-38H,1,8-9,11,13H2,2-4H3,(H,33,34)/b7-6-/t18-,20+,21+,22-,25-,26-,27+/m0/s1. The van der Waals surface area contributed by atoms with Crippen LogP contribution >= 0.6 is 0 Å². The maximum atomic E-state index is 12.7. The molecule has 0 spiro atoms. The molecule has 7 atom stereocenters. The summed E-state index contributed by atoms with van der Waals surface area (Å²) >= 11 is 0. The van der Waals surface area contributed by atoms with Crippen molar-refractivity contribution in [3.63, 3.8) is 0 Å². The Hall–Kier alpha value is -3.12. The van der Waals surface area contributed by atoms with E-state index in [-0.39, 0.29) is 30.8 Å². The number of β-amino-alcohol motifs (C(OH)–C–C–N with tert-alkyl or cyclic N) is 1. The maximum Gasteiger partial charge on any atom is 0.340 e. The lowest BCUT2D eigenvalue weighted by atomic mass is 9.78. The number of carboxylic acids is 1. The summed E-state index contributed by atoms with van der Waals surface area (Å²) in [5, 5.41) is 72.3. The minimum atomic E-state index is -2.94. The van der Waals surface area contributed by atoms with Crippen LogP contribution in [-0.4, -0.2) is 134 Å². The third kappa shape index (κ3) is 7.34. The summed E-state index contributed by atoms with van der Waals surface area (Å²) in [4.78, 5) is 25.9. The molecule has 0 amide bonds. The third-order valence-corrected chi connectivity index (χ3v) is 7.08. The van der Waals surface area contributed by atoms with Gasteiger partial charge in [0.15, 0.2) is 12.4 Å². The Morgan fingerprint density at radius 3 is 2.49 bits per heavy atom. The van der Waals surface area contributed by atoms with Crippen molar-refractivity contribution in [2.75, 3.05) is 33.4 Å². The molecule has 43 heavy (non-hydrogen) atoms. The topological polar surface area (TPSA) is 225 Å². The van der Waals surface area contributed by atoms with Gasteiger partial charge in [-0.3, -0.25) is 0 Å². The molecule has 3 aliphatic rings. The molecule has 0 radical (unpaired) electrons. The van der Waals surface area contributed by atoms with Crippen molar-refractivity contribution in [2.24, 2.45) is 5.92 Å². The van der Waals surface area contributed by atoms with Gasteiger partial charge >= 0.3 is 11.9 Å². The second-order valence-electron chi connectivity index (χ2n) is 10.4. The average Bonchev–Trinajstić information content (AvgIpc) is 2.95. The molecule has 15 heteroatoms. The molecule has 0 aromatic carbocycles. The highest BCUT2D eigenvalue weighted by Crippen LogP contribution is 2.41. The highest BCUT2D eigenvalue weighted by molar-refractivity contribution is 5.92. The Balaban J connectivity index is 2.01. The summed E-state index contributed by atoms with van der Waals surface area (Å²) in [6.07, 6.45) is -1.58. The Kier molecular flexibility index (Phi) is 11.3. The summed E-state index contributed by atoms with van der Waals surface area (Å²) in [5.41, 5.74) is -2.27. The van der Waals surface area contributed by atoms with Crippen LogP contribution in [0.2, 0.25) is 0 Å². The largest absolute Gasteiger partial charge is 0.478 e. The van der Waals surface area contributed by atoms with Crippen LogP contribution in [0.25, 0.3) is 0 Å². The normalized spacial score (nSPS) is 32.5. The number of aliphatic hydroxyl groups excluding tert-OH is 3. The summed E-state index contributed by atoms with van der Waals surface area (Å²) in [7, 11) is 1.09. The summed E-state index contributed by atoms with van der Waals surface area (Å²) in [6.45, 7) is 6.15. The van der Waals surface area contributed by atoms with E-state index in [9.17, 15) is 45.3 Å². The molecule has 1 saturated heterocycles. The number of hydrogen-bond acceptors (Lipinski definition) is 14.